The number of quaternary nitrogens is 1. The number of ether oxygens (including phenoxy) is 2. The molecule has 1 aliphatic rings. The van der Waals surface area contributed by atoms with Crippen molar-refractivity contribution < 1.29 is 14.0 Å². The van der Waals surface area contributed by atoms with Crippen molar-refractivity contribution in [2.24, 2.45) is 0 Å². The van der Waals surface area contributed by atoms with Gasteiger partial charge < -0.3 is 14.0 Å². The fraction of sp³-hybridized carbons (Fsp3) is 1.00. The fourth-order valence-electron chi connectivity index (χ4n) is 4.41. The quantitative estimate of drug-likeness (QED) is 0.147. The molecule has 0 bridgehead atoms. The molecule has 0 atom stereocenters. The summed E-state index contributed by atoms with van der Waals surface area (Å²) in [6, 6.07) is 0. The van der Waals surface area contributed by atoms with Crippen molar-refractivity contribution in [2.45, 2.75) is 116 Å². The number of hydrogen-bond donors (Lipinski definition) is 0. The fourth-order valence-corrected chi connectivity index (χ4v) is 4.41. The smallest absolute Gasteiger partial charge is 0.102 e. The predicted molar refractivity (Wildman–Crippen MR) is 127 cm³/mol. The average molecular weight is 413 g/mol. The SMILES string of the molecule is CCCCCCCCCCCCCCCCCCOCCC[N+]1(C)CCOCC1. The van der Waals surface area contributed by atoms with Gasteiger partial charge >= 0.3 is 0 Å². The maximum atomic E-state index is 5.85. The molecule has 1 saturated heterocycles. The number of likely N-dealkylation sites (N-methyl/N-ethyl adjacent to an activating group) is 1. The van der Waals surface area contributed by atoms with Crippen LogP contribution in [0.15, 0.2) is 0 Å². The molecule has 1 rings (SSSR count). The van der Waals surface area contributed by atoms with Crippen molar-refractivity contribution in [3.63, 3.8) is 0 Å². The average Bonchev–Trinajstić information content (AvgIpc) is 2.73. The minimum Gasteiger partial charge on any atom is -0.381 e. The van der Waals surface area contributed by atoms with Crippen molar-refractivity contribution >= 4 is 0 Å². The molecule has 0 spiro atoms. The summed E-state index contributed by atoms with van der Waals surface area (Å²) >= 11 is 0. The Balaban J connectivity index is 1.68. The third-order valence-electron chi connectivity index (χ3n) is 6.68. The molecule has 1 aliphatic heterocycles. The van der Waals surface area contributed by atoms with E-state index in [1.165, 1.54) is 133 Å². The van der Waals surface area contributed by atoms with Crippen LogP contribution in [-0.2, 0) is 9.47 Å². The Morgan fingerprint density at radius 3 is 1.48 bits per heavy atom. The molecule has 174 valence electrons. The zero-order valence-electron chi connectivity index (χ0n) is 20.2. The second kappa shape index (κ2) is 19.8. The van der Waals surface area contributed by atoms with E-state index in [1.54, 1.807) is 0 Å². The number of rotatable bonds is 21. The van der Waals surface area contributed by atoms with Gasteiger partial charge in [-0.1, -0.05) is 103 Å². The standard InChI is InChI=1S/C26H54NO2/c1-3-4-5-6-7-8-9-10-11-12-13-14-15-16-17-18-23-28-24-19-20-27(2)21-25-29-26-22-27/h3-26H2,1-2H3/q+1. The van der Waals surface area contributed by atoms with Crippen LogP contribution >= 0.6 is 0 Å². The van der Waals surface area contributed by atoms with Crippen LogP contribution in [0, 0.1) is 0 Å². The molecule has 0 aliphatic carbocycles. The van der Waals surface area contributed by atoms with Crippen LogP contribution in [0.25, 0.3) is 0 Å². The first-order valence-corrected chi connectivity index (χ1v) is 13.3. The maximum absolute atomic E-state index is 5.85. The maximum Gasteiger partial charge on any atom is 0.102 e. The van der Waals surface area contributed by atoms with E-state index in [-0.39, 0.29) is 0 Å². The van der Waals surface area contributed by atoms with Crippen molar-refractivity contribution in [3.8, 4) is 0 Å². The minimum atomic E-state index is 0.927. The molecule has 0 aromatic carbocycles. The van der Waals surface area contributed by atoms with Crippen LogP contribution in [-0.4, -0.2) is 57.6 Å². The summed E-state index contributed by atoms with van der Waals surface area (Å²) in [6.07, 6.45) is 24.0. The third kappa shape index (κ3) is 17.3. The van der Waals surface area contributed by atoms with Gasteiger partial charge in [0.15, 0.2) is 0 Å². The Labute approximate surface area is 183 Å². The Morgan fingerprint density at radius 2 is 1.00 bits per heavy atom. The first-order valence-electron chi connectivity index (χ1n) is 13.3. The van der Waals surface area contributed by atoms with E-state index >= 15 is 0 Å². The highest BCUT2D eigenvalue weighted by molar-refractivity contribution is 4.51. The Morgan fingerprint density at radius 1 is 0.586 bits per heavy atom. The molecule has 0 amide bonds. The van der Waals surface area contributed by atoms with Gasteiger partial charge in [0, 0.05) is 13.0 Å². The molecule has 0 aromatic heterocycles. The van der Waals surface area contributed by atoms with Crippen LogP contribution in [0.2, 0.25) is 0 Å². The summed E-state index contributed by atoms with van der Waals surface area (Å²) in [6.45, 7) is 9.62. The topological polar surface area (TPSA) is 18.5 Å². The van der Waals surface area contributed by atoms with Crippen LogP contribution < -0.4 is 0 Å². The van der Waals surface area contributed by atoms with Crippen molar-refractivity contribution in [1.29, 1.82) is 0 Å². The van der Waals surface area contributed by atoms with E-state index in [2.05, 4.69) is 14.0 Å². The lowest BCUT2D eigenvalue weighted by atomic mass is 10.0. The van der Waals surface area contributed by atoms with Gasteiger partial charge in [-0.05, 0) is 6.42 Å². The van der Waals surface area contributed by atoms with E-state index < -0.39 is 0 Å². The van der Waals surface area contributed by atoms with E-state index in [9.17, 15) is 0 Å². The molecule has 1 fully saturated rings. The molecule has 29 heavy (non-hydrogen) atoms. The third-order valence-corrected chi connectivity index (χ3v) is 6.68. The molecule has 1 heterocycles. The molecule has 0 aromatic rings. The van der Waals surface area contributed by atoms with Gasteiger partial charge in [-0.15, -0.1) is 0 Å². The van der Waals surface area contributed by atoms with Gasteiger partial charge in [0.1, 0.15) is 13.1 Å². The highest BCUT2D eigenvalue weighted by atomic mass is 16.5. The Kier molecular flexibility index (Phi) is 18.4. The van der Waals surface area contributed by atoms with Crippen molar-refractivity contribution in [2.75, 3.05) is 53.1 Å². The zero-order valence-corrected chi connectivity index (χ0v) is 20.2. The second-order valence-corrected chi connectivity index (χ2v) is 9.67. The van der Waals surface area contributed by atoms with Gasteiger partial charge in [-0.25, -0.2) is 0 Å². The monoisotopic (exact) mass is 412 g/mol. The largest absolute Gasteiger partial charge is 0.381 e. The van der Waals surface area contributed by atoms with Crippen molar-refractivity contribution in [1.82, 2.24) is 0 Å². The highest BCUT2D eigenvalue weighted by Crippen LogP contribution is 2.14. The molecule has 3 heteroatoms. The molecule has 0 radical (unpaired) electrons. The van der Waals surface area contributed by atoms with E-state index in [0.717, 1.165) is 26.4 Å². The zero-order chi connectivity index (χ0) is 20.9. The minimum absolute atomic E-state index is 0.927. The molecular formula is C26H54NO2+. The van der Waals surface area contributed by atoms with Gasteiger partial charge in [0.25, 0.3) is 0 Å². The number of nitrogens with zero attached hydrogens (tertiary/aromatic N) is 1. The molecular weight excluding hydrogens is 358 g/mol. The van der Waals surface area contributed by atoms with E-state index in [0.29, 0.717) is 0 Å². The number of hydrogen-bond acceptors (Lipinski definition) is 2. The summed E-state index contributed by atoms with van der Waals surface area (Å²) in [5.41, 5.74) is 0. The summed E-state index contributed by atoms with van der Waals surface area (Å²) < 4.78 is 12.5. The second-order valence-electron chi connectivity index (χ2n) is 9.67. The lowest BCUT2D eigenvalue weighted by Crippen LogP contribution is -2.52. The summed E-state index contributed by atoms with van der Waals surface area (Å²) in [5, 5.41) is 0. The van der Waals surface area contributed by atoms with Gasteiger partial charge in [0.05, 0.1) is 33.4 Å². The first kappa shape index (κ1) is 26.9. The lowest BCUT2D eigenvalue weighted by molar-refractivity contribution is -0.917. The molecule has 3 nitrogen and oxygen atoms in total. The van der Waals surface area contributed by atoms with Gasteiger partial charge in [-0.3, -0.25) is 0 Å². The Hall–Kier alpha value is -0.120. The Bertz CT molecular complexity index is 329. The predicted octanol–water partition coefficient (Wildman–Crippen LogP) is 7.13. The lowest BCUT2D eigenvalue weighted by Gasteiger charge is -2.37. The number of unbranched alkanes of at least 4 members (excludes halogenated alkanes) is 15. The van der Waals surface area contributed by atoms with Crippen molar-refractivity contribution in [3.05, 3.63) is 0 Å². The summed E-state index contributed by atoms with van der Waals surface area (Å²) in [5.74, 6) is 0. The van der Waals surface area contributed by atoms with E-state index in [1.807, 2.05) is 0 Å². The highest BCUT2D eigenvalue weighted by Gasteiger charge is 2.24. The van der Waals surface area contributed by atoms with Crippen LogP contribution in [0.1, 0.15) is 116 Å². The first-order chi connectivity index (χ1) is 14.3. The van der Waals surface area contributed by atoms with Crippen LogP contribution in [0.5, 0.6) is 0 Å². The van der Waals surface area contributed by atoms with Gasteiger partial charge in [0.2, 0.25) is 0 Å². The summed E-state index contributed by atoms with van der Waals surface area (Å²) in [4.78, 5) is 0. The molecule has 0 unspecified atom stereocenters. The van der Waals surface area contributed by atoms with E-state index in [4.69, 9.17) is 9.47 Å². The van der Waals surface area contributed by atoms with Gasteiger partial charge in [-0.2, -0.15) is 0 Å². The van der Waals surface area contributed by atoms with Crippen LogP contribution in [0.4, 0.5) is 0 Å². The van der Waals surface area contributed by atoms with Crippen LogP contribution in [0.3, 0.4) is 0 Å². The summed E-state index contributed by atoms with van der Waals surface area (Å²) in [7, 11) is 2.36. The molecule has 0 saturated carbocycles. The normalized spacial score (nSPS) is 16.3. The number of morpholine rings is 1. The molecule has 0 N–H and O–H groups in total.